The molecule has 20 heavy (non-hydrogen) atoms. The summed E-state index contributed by atoms with van der Waals surface area (Å²) < 4.78 is 26.5. The van der Waals surface area contributed by atoms with E-state index in [1.54, 1.807) is 13.8 Å². The summed E-state index contributed by atoms with van der Waals surface area (Å²) in [5.74, 6) is -1.21. The molecule has 8 heteroatoms. The zero-order valence-corrected chi connectivity index (χ0v) is 13.3. The summed E-state index contributed by atoms with van der Waals surface area (Å²) >= 11 is 11.6. The zero-order valence-electron chi connectivity index (χ0n) is 10.9. The molecule has 1 rings (SSSR count). The number of hydrogen-bond donors (Lipinski definition) is 2. The number of benzene rings is 1. The molecule has 0 unspecified atom stereocenters. The van der Waals surface area contributed by atoms with Gasteiger partial charge in [0.15, 0.2) is 0 Å². The highest BCUT2D eigenvalue weighted by Crippen LogP contribution is 2.25. The summed E-state index contributed by atoms with van der Waals surface area (Å²) in [6.07, 6.45) is 0.173. The second kappa shape index (κ2) is 6.76. The van der Waals surface area contributed by atoms with E-state index >= 15 is 0 Å². The lowest BCUT2D eigenvalue weighted by Gasteiger charge is -2.17. The first-order chi connectivity index (χ1) is 9.13. The molecule has 0 saturated heterocycles. The largest absolute Gasteiger partial charge is 0.480 e. The molecule has 0 fully saturated rings. The summed E-state index contributed by atoms with van der Waals surface area (Å²) in [6.45, 7) is 3.60. The lowest BCUT2D eigenvalue weighted by molar-refractivity contribution is -0.139. The number of nitrogens with one attached hydrogen (secondary N) is 1. The second-order valence-corrected chi connectivity index (χ2v) is 7.24. The molecule has 0 bridgehead atoms. The van der Waals surface area contributed by atoms with Crippen molar-refractivity contribution in [3.05, 3.63) is 28.2 Å². The standard InChI is InChI=1S/C12H15Cl2NO4S/c1-7(2)5-10(12(16)17)15-20(18,19)11-6-8(13)3-4-9(11)14/h3-4,6-7,10,15H,5H2,1-2H3,(H,16,17)/t10-/m0/s1. The van der Waals surface area contributed by atoms with Gasteiger partial charge in [-0.25, -0.2) is 8.42 Å². The van der Waals surface area contributed by atoms with E-state index in [0.29, 0.717) is 0 Å². The van der Waals surface area contributed by atoms with E-state index in [4.69, 9.17) is 28.3 Å². The Hall–Kier alpha value is -0.820. The summed E-state index contributed by atoms with van der Waals surface area (Å²) in [6, 6.07) is 2.76. The fourth-order valence-electron chi connectivity index (χ4n) is 1.60. The third kappa shape index (κ3) is 4.63. The van der Waals surface area contributed by atoms with Crippen LogP contribution in [0.2, 0.25) is 10.0 Å². The van der Waals surface area contributed by atoms with Crippen molar-refractivity contribution >= 4 is 39.2 Å². The Morgan fingerprint density at radius 3 is 2.45 bits per heavy atom. The number of aliphatic carboxylic acids is 1. The van der Waals surface area contributed by atoms with Crippen molar-refractivity contribution in [2.24, 2.45) is 5.92 Å². The minimum absolute atomic E-state index is 0.0180. The fourth-order valence-corrected chi connectivity index (χ4v) is 3.57. The first-order valence-corrected chi connectivity index (χ1v) is 8.07. The summed E-state index contributed by atoms with van der Waals surface area (Å²) in [5, 5.41) is 9.25. The molecule has 1 aromatic carbocycles. The van der Waals surface area contributed by atoms with Crippen LogP contribution in [0, 0.1) is 5.92 Å². The first kappa shape index (κ1) is 17.2. The van der Waals surface area contributed by atoms with Gasteiger partial charge in [0.25, 0.3) is 0 Å². The molecular weight excluding hydrogens is 325 g/mol. The molecule has 0 aliphatic heterocycles. The third-order valence-corrected chi connectivity index (χ3v) is 4.67. The topological polar surface area (TPSA) is 83.5 Å². The average molecular weight is 340 g/mol. The van der Waals surface area contributed by atoms with Crippen LogP contribution < -0.4 is 4.72 Å². The molecule has 0 aliphatic carbocycles. The molecular formula is C12H15Cl2NO4S. The van der Waals surface area contributed by atoms with Crippen LogP contribution in [0.1, 0.15) is 20.3 Å². The minimum atomic E-state index is -4.05. The summed E-state index contributed by atoms with van der Waals surface area (Å²) in [4.78, 5) is 10.9. The third-order valence-electron chi connectivity index (χ3n) is 2.49. The molecule has 1 atom stereocenters. The van der Waals surface area contributed by atoms with E-state index in [1.165, 1.54) is 18.2 Å². The van der Waals surface area contributed by atoms with Crippen molar-refractivity contribution in [2.75, 3.05) is 0 Å². The number of rotatable bonds is 6. The van der Waals surface area contributed by atoms with Gasteiger partial charge in [0, 0.05) is 5.02 Å². The van der Waals surface area contributed by atoms with Crippen LogP contribution in [0.25, 0.3) is 0 Å². The smallest absolute Gasteiger partial charge is 0.321 e. The van der Waals surface area contributed by atoms with E-state index in [2.05, 4.69) is 4.72 Å². The Balaban J connectivity index is 3.09. The number of carboxylic acids is 1. The molecule has 0 aliphatic rings. The maximum absolute atomic E-state index is 12.2. The lowest BCUT2D eigenvalue weighted by atomic mass is 10.1. The molecule has 0 heterocycles. The van der Waals surface area contributed by atoms with Crippen LogP contribution in [-0.4, -0.2) is 25.5 Å². The van der Waals surface area contributed by atoms with E-state index < -0.39 is 22.0 Å². The van der Waals surface area contributed by atoms with Gasteiger partial charge in [0.2, 0.25) is 10.0 Å². The maximum atomic E-state index is 12.2. The highest BCUT2D eigenvalue weighted by molar-refractivity contribution is 7.89. The predicted molar refractivity (Wildman–Crippen MR) is 77.7 cm³/mol. The van der Waals surface area contributed by atoms with Crippen molar-refractivity contribution in [1.29, 1.82) is 0 Å². The van der Waals surface area contributed by atoms with E-state index in [1.807, 2.05) is 0 Å². The van der Waals surface area contributed by atoms with E-state index in [0.717, 1.165) is 0 Å². The van der Waals surface area contributed by atoms with Gasteiger partial charge in [-0.3, -0.25) is 4.79 Å². The molecule has 0 spiro atoms. The van der Waals surface area contributed by atoms with Gasteiger partial charge in [-0.15, -0.1) is 0 Å². The number of carboxylic acid groups (broad SMARTS) is 1. The number of halogens is 2. The fraction of sp³-hybridized carbons (Fsp3) is 0.417. The zero-order chi connectivity index (χ0) is 15.5. The number of hydrogen-bond acceptors (Lipinski definition) is 3. The Morgan fingerprint density at radius 1 is 1.35 bits per heavy atom. The predicted octanol–water partition coefficient (Wildman–Crippen LogP) is 2.77. The van der Waals surface area contributed by atoms with Crippen molar-refractivity contribution in [2.45, 2.75) is 31.2 Å². The van der Waals surface area contributed by atoms with Gasteiger partial charge < -0.3 is 5.11 Å². The molecule has 0 saturated carbocycles. The Morgan fingerprint density at radius 2 is 1.95 bits per heavy atom. The maximum Gasteiger partial charge on any atom is 0.321 e. The van der Waals surface area contributed by atoms with Crippen LogP contribution in [0.15, 0.2) is 23.1 Å². The Labute approximate surface area is 127 Å². The van der Waals surface area contributed by atoms with E-state index in [-0.39, 0.29) is 27.3 Å². The van der Waals surface area contributed by atoms with Crippen LogP contribution in [-0.2, 0) is 14.8 Å². The average Bonchev–Trinajstić information content (AvgIpc) is 2.30. The Kier molecular flexibility index (Phi) is 5.82. The summed E-state index contributed by atoms with van der Waals surface area (Å²) in [5.41, 5.74) is 0. The van der Waals surface area contributed by atoms with Gasteiger partial charge in [-0.1, -0.05) is 37.0 Å². The van der Waals surface area contributed by atoms with Crippen molar-refractivity contribution in [3.63, 3.8) is 0 Å². The molecule has 112 valence electrons. The molecule has 0 radical (unpaired) electrons. The van der Waals surface area contributed by atoms with Crippen LogP contribution in [0.4, 0.5) is 0 Å². The summed E-state index contributed by atoms with van der Waals surface area (Å²) in [7, 11) is -4.05. The first-order valence-electron chi connectivity index (χ1n) is 5.83. The lowest BCUT2D eigenvalue weighted by Crippen LogP contribution is -2.41. The molecule has 0 aromatic heterocycles. The van der Waals surface area contributed by atoms with Crippen molar-refractivity contribution in [1.82, 2.24) is 4.72 Å². The normalized spacial score (nSPS) is 13.4. The Bertz CT molecular complexity index is 601. The van der Waals surface area contributed by atoms with Gasteiger partial charge in [0.1, 0.15) is 10.9 Å². The SMILES string of the molecule is CC(C)C[C@H](NS(=O)(=O)c1cc(Cl)ccc1Cl)C(=O)O. The van der Waals surface area contributed by atoms with E-state index in [9.17, 15) is 13.2 Å². The van der Waals surface area contributed by atoms with Gasteiger partial charge in [-0.2, -0.15) is 4.72 Å². The van der Waals surface area contributed by atoms with Crippen LogP contribution in [0.3, 0.4) is 0 Å². The monoisotopic (exact) mass is 339 g/mol. The molecule has 1 aromatic rings. The minimum Gasteiger partial charge on any atom is -0.480 e. The molecule has 2 N–H and O–H groups in total. The quantitative estimate of drug-likeness (QED) is 0.834. The van der Waals surface area contributed by atoms with Crippen molar-refractivity contribution < 1.29 is 18.3 Å². The molecule has 0 amide bonds. The van der Waals surface area contributed by atoms with Gasteiger partial charge >= 0.3 is 5.97 Å². The highest BCUT2D eigenvalue weighted by Gasteiger charge is 2.27. The van der Waals surface area contributed by atoms with Crippen molar-refractivity contribution in [3.8, 4) is 0 Å². The van der Waals surface area contributed by atoms with Gasteiger partial charge in [-0.05, 0) is 30.5 Å². The number of carbonyl (C=O) groups is 1. The molecule has 5 nitrogen and oxygen atoms in total. The van der Waals surface area contributed by atoms with Crippen LogP contribution in [0.5, 0.6) is 0 Å². The van der Waals surface area contributed by atoms with Gasteiger partial charge in [0.05, 0.1) is 5.02 Å². The number of sulfonamides is 1. The van der Waals surface area contributed by atoms with Crippen LogP contribution >= 0.6 is 23.2 Å². The second-order valence-electron chi connectivity index (χ2n) is 4.72. The highest BCUT2D eigenvalue weighted by atomic mass is 35.5.